The van der Waals surface area contributed by atoms with Crippen LogP contribution in [0, 0.1) is 0 Å². The second kappa shape index (κ2) is 9.85. The first kappa shape index (κ1) is 22.1. The zero-order valence-electron chi connectivity index (χ0n) is 16.3. The van der Waals surface area contributed by atoms with Crippen LogP contribution in [-0.2, 0) is 24.4 Å². The van der Waals surface area contributed by atoms with Gasteiger partial charge in [0.05, 0.1) is 19.8 Å². The molecule has 0 unspecified atom stereocenters. The number of hydrogen-bond acceptors (Lipinski definition) is 7. The molecule has 28 heavy (non-hydrogen) atoms. The van der Waals surface area contributed by atoms with E-state index in [0.717, 1.165) is 31.7 Å². The Morgan fingerprint density at radius 3 is 2.32 bits per heavy atom. The molecule has 9 nitrogen and oxygen atoms in total. The van der Waals surface area contributed by atoms with E-state index in [1.165, 1.54) is 33.4 Å². The highest BCUT2D eigenvalue weighted by atomic mass is 32.2. The minimum absolute atomic E-state index is 0.00690. The average molecular weight is 414 g/mol. The standard InChI is InChI=1S/C18H26N2O7S/c1-19(26-3)28(23,24)16-12-14(8-9-15(16)25-2)18(22)27-13-17(21)20-10-6-4-5-7-11-20/h8-9,12H,4-7,10-11,13H2,1-3H3. The van der Waals surface area contributed by atoms with Crippen LogP contribution in [0.1, 0.15) is 36.0 Å². The molecular formula is C18H26N2O7S. The molecule has 156 valence electrons. The Labute approximate surface area is 165 Å². The number of carbonyl (C=O) groups excluding carboxylic acids is 2. The molecule has 0 saturated carbocycles. The fraction of sp³-hybridized carbons (Fsp3) is 0.556. The molecule has 1 aromatic rings. The lowest BCUT2D eigenvalue weighted by Crippen LogP contribution is -2.35. The molecule has 0 aliphatic carbocycles. The monoisotopic (exact) mass is 414 g/mol. The molecule has 1 aromatic carbocycles. The Kier molecular flexibility index (Phi) is 7.78. The van der Waals surface area contributed by atoms with Gasteiger partial charge in [-0.3, -0.25) is 9.63 Å². The fourth-order valence-electron chi connectivity index (χ4n) is 2.86. The van der Waals surface area contributed by atoms with Gasteiger partial charge in [0, 0.05) is 20.1 Å². The molecule has 10 heteroatoms. The number of likely N-dealkylation sites (tertiary alicyclic amines) is 1. The molecule has 1 saturated heterocycles. The molecule has 1 aliphatic heterocycles. The molecule has 2 rings (SSSR count). The van der Waals surface area contributed by atoms with Gasteiger partial charge >= 0.3 is 5.97 Å². The number of esters is 1. The molecule has 0 aromatic heterocycles. The van der Waals surface area contributed by atoms with Gasteiger partial charge in [-0.05, 0) is 31.0 Å². The van der Waals surface area contributed by atoms with Crippen molar-refractivity contribution >= 4 is 21.9 Å². The maximum Gasteiger partial charge on any atom is 0.338 e. The Balaban J connectivity index is 2.13. The molecule has 1 amide bonds. The zero-order valence-corrected chi connectivity index (χ0v) is 17.2. The molecule has 1 heterocycles. The lowest BCUT2D eigenvalue weighted by Gasteiger charge is -2.20. The van der Waals surface area contributed by atoms with Crippen molar-refractivity contribution < 1.29 is 32.3 Å². The first-order chi connectivity index (χ1) is 13.3. The summed E-state index contributed by atoms with van der Waals surface area (Å²) in [6, 6.07) is 3.87. The van der Waals surface area contributed by atoms with Gasteiger partial charge in [-0.25, -0.2) is 13.2 Å². The average Bonchev–Trinajstić information content (AvgIpc) is 3.00. The third-order valence-corrected chi connectivity index (χ3v) is 6.26. The minimum atomic E-state index is -4.04. The van der Waals surface area contributed by atoms with Crippen LogP contribution in [0.5, 0.6) is 5.75 Å². The van der Waals surface area contributed by atoms with Crippen LogP contribution < -0.4 is 4.74 Å². The number of hydrogen-bond donors (Lipinski definition) is 0. The SMILES string of the molecule is COc1ccc(C(=O)OCC(=O)N2CCCCCC2)cc1S(=O)(=O)N(C)OC. The fourth-order valence-corrected chi connectivity index (χ4v) is 4.02. The Bertz CT molecular complexity index is 802. The van der Waals surface area contributed by atoms with Gasteiger partial charge in [-0.2, -0.15) is 0 Å². The number of carbonyl (C=O) groups is 2. The molecule has 0 N–H and O–H groups in total. The number of nitrogens with zero attached hydrogens (tertiary/aromatic N) is 2. The van der Waals surface area contributed by atoms with Crippen molar-refractivity contribution in [3.63, 3.8) is 0 Å². The first-order valence-electron chi connectivity index (χ1n) is 8.97. The zero-order chi connectivity index (χ0) is 20.7. The highest BCUT2D eigenvalue weighted by molar-refractivity contribution is 7.89. The van der Waals surface area contributed by atoms with E-state index < -0.39 is 16.0 Å². The van der Waals surface area contributed by atoms with Gasteiger partial charge in [0.2, 0.25) is 0 Å². The van der Waals surface area contributed by atoms with Gasteiger partial charge in [0.15, 0.2) is 6.61 Å². The number of ether oxygens (including phenoxy) is 2. The third kappa shape index (κ3) is 5.21. The molecular weight excluding hydrogens is 388 g/mol. The summed E-state index contributed by atoms with van der Waals surface area (Å²) < 4.78 is 35.9. The minimum Gasteiger partial charge on any atom is -0.495 e. The van der Waals surface area contributed by atoms with Crippen molar-refractivity contribution in [2.24, 2.45) is 0 Å². The van der Waals surface area contributed by atoms with E-state index in [1.54, 1.807) is 4.90 Å². The van der Waals surface area contributed by atoms with E-state index in [2.05, 4.69) is 0 Å². The van der Waals surface area contributed by atoms with Crippen LogP contribution in [-0.4, -0.2) is 70.6 Å². The van der Waals surface area contributed by atoms with Crippen LogP contribution in [0.25, 0.3) is 0 Å². The van der Waals surface area contributed by atoms with E-state index >= 15 is 0 Å². The van der Waals surface area contributed by atoms with Crippen LogP contribution in [0.15, 0.2) is 23.1 Å². The topological polar surface area (TPSA) is 102 Å². The Hall–Kier alpha value is -2.17. The normalized spacial score (nSPS) is 15.2. The summed E-state index contributed by atoms with van der Waals surface area (Å²) >= 11 is 0. The van der Waals surface area contributed by atoms with Gasteiger partial charge in [-0.15, -0.1) is 0 Å². The van der Waals surface area contributed by atoms with Crippen LogP contribution in [0.4, 0.5) is 0 Å². The summed E-state index contributed by atoms with van der Waals surface area (Å²) in [6.07, 6.45) is 4.05. The number of rotatable bonds is 7. The Morgan fingerprint density at radius 2 is 1.75 bits per heavy atom. The second-order valence-corrected chi connectivity index (χ2v) is 8.24. The maximum atomic E-state index is 12.5. The van der Waals surface area contributed by atoms with Gasteiger partial charge < -0.3 is 14.4 Å². The first-order valence-corrected chi connectivity index (χ1v) is 10.4. The van der Waals surface area contributed by atoms with Crippen molar-refractivity contribution in [1.82, 2.24) is 9.37 Å². The van der Waals surface area contributed by atoms with E-state index in [9.17, 15) is 18.0 Å². The summed E-state index contributed by atoms with van der Waals surface area (Å²) in [4.78, 5) is 30.8. The van der Waals surface area contributed by atoms with Gasteiger partial charge in [0.1, 0.15) is 10.6 Å². The second-order valence-electron chi connectivity index (χ2n) is 6.33. The van der Waals surface area contributed by atoms with E-state index in [0.29, 0.717) is 17.6 Å². The molecule has 0 spiro atoms. The molecule has 1 aliphatic rings. The predicted octanol–water partition coefficient (Wildman–Crippen LogP) is 1.44. The number of benzene rings is 1. The summed E-state index contributed by atoms with van der Waals surface area (Å²) in [7, 11) is -0.292. The molecule has 0 radical (unpaired) electrons. The van der Waals surface area contributed by atoms with Gasteiger partial charge in [0.25, 0.3) is 15.9 Å². The van der Waals surface area contributed by atoms with E-state index in [4.69, 9.17) is 14.3 Å². The lowest BCUT2D eigenvalue weighted by atomic mass is 10.2. The Morgan fingerprint density at radius 1 is 1.11 bits per heavy atom. The van der Waals surface area contributed by atoms with Crippen molar-refractivity contribution in [1.29, 1.82) is 0 Å². The smallest absolute Gasteiger partial charge is 0.338 e. The van der Waals surface area contributed by atoms with E-state index in [1.807, 2.05) is 0 Å². The van der Waals surface area contributed by atoms with Crippen molar-refractivity contribution in [3.05, 3.63) is 23.8 Å². The number of hydroxylamine groups is 1. The van der Waals surface area contributed by atoms with Gasteiger partial charge in [-0.1, -0.05) is 17.3 Å². The van der Waals surface area contributed by atoms with Crippen LogP contribution in [0.3, 0.4) is 0 Å². The lowest BCUT2D eigenvalue weighted by molar-refractivity contribution is -0.134. The highest BCUT2D eigenvalue weighted by Crippen LogP contribution is 2.27. The summed E-state index contributed by atoms with van der Waals surface area (Å²) in [6.45, 7) is 0.931. The van der Waals surface area contributed by atoms with Crippen molar-refractivity contribution in [3.8, 4) is 5.75 Å². The highest BCUT2D eigenvalue weighted by Gasteiger charge is 2.27. The maximum absolute atomic E-state index is 12.5. The number of amides is 1. The van der Waals surface area contributed by atoms with Crippen molar-refractivity contribution in [2.45, 2.75) is 30.6 Å². The largest absolute Gasteiger partial charge is 0.495 e. The third-order valence-electron chi connectivity index (χ3n) is 4.56. The predicted molar refractivity (Wildman–Crippen MR) is 100 cm³/mol. The van der Waals surface area contributed by atoms with E-state index in [-0.39, 0.29) is 28.7 Å². The summed E-state index contributed by atoms with van der Waals surface area (Å²) in [5.74, 6) is -0.987. The molecule has 0 atom stereocenters. The van der Waals surface area contributed by atoms with Crippen LogP contribution >= 0.6 is 0 Å². The van der Waals surface area contributed by atoms with Crippen molar-refractivity contribution in [2.75, 3.05) is 41.0 Å². The summed E-state index contributed by atoms with van der Waals surface area (Å²) in [5.41, 5.74) is -0.00690. The quantitative estimate of drug-likeness (QED) is 0.491. The molecule has 1 fully saturated rings. The number of sulfonamides is 1. The number of methoxy groups -OCH3 is 1. The van der Waals surface area contributed by atoms with Crippen LogP contribution in [0.2, 0.25) is 0 Å². The molecule has 0 bridgehead atoms. The summed E-state index contributed by atoms with van der Waals surface area (Å²) in [5, 5.41) is 0.